The van der Waals surface area contributed by atoms with Crippen molar-refractivity contribution < 1.29 is 4.79 Å². The molecular formula is C17H20ClN3O. The van der Waals surface area contributed by atoms with Crippen LogP contribution < -0.4 is 10.6 Å². The van der Waals surface area contributed by atoms with Crippen molar-refractivity contribution >= 4 is 29.0 Å². The van der Waals surface area contributed by atoms with E-state index in [1.54, 1.807) is 12.3 Å². The molecule has 0 aliphatic rings. The first-order chi connectivity index (χ1) is 10.5. The number of nitrogens with one attached hydrogen (secondary N) is 2. The Morgan fingerprint density at radius 1 is 1.18 bits per heavy atom. The van der Waals surface area contributed by atoms with Crippen molar-refractivity contribution in [2.24, 2.45) is 5.92 Å². The molecule has 2 N–H and O–H groups in total. The fourth-order valence-electron chi connectivity index (χ4n) is 1.85. The molecule has 0 aliphatic carbocycles. The standard InChI is InChI=1S/C17H20ClN3O/c1-12(2)17(22)21-16-8-7-15(11-20-16)19-10-9-13-3-5-14(18)6-4-13/h3-8,11-12,19H,9-10H2,1-2H3,(H,20,21,22). The van der Waals surface area contributed by atoms with E-state index >= 15 is 0 Å². The number of carbonyl (C=O) groups excluding carboxylic acids is 1. The molecule has 1 aromatic heterocycles. The Morgan fingerprint density at radius 2 is 1.91 bits per heavy atom. The van der Waals surface area contributed by atoms with Gasteiger partial charge in [0.25, 0.3) is 0 Å². The molecule has 0 saturated carbocycles. The van der Waals surface area contributed by atoms with Crippen LogP contribution in [0.5, 0.6) is 0 Å². The van der Waals surface area contributed by atoms with E-state index in [1.807, 2.05) is 44.2 Å². The Morgan fingerprint density at radius 3 is 2.50 bits per heavy atom. The first kappa shape index (κ1) is 16.3. The van der Waals surface area contributed by atoms with Gasteiger partial charge in [0.15, 0.2) is 0 Å². The summed E-state index contributed by atoms with van der Waals surface area (Å²) in [4.78, 5) is 15.8. The third-order valence-electron chi connectivity index (χ3n) is 3.20. The summed E-state index contributed by atoms with van der Waals surface area (Å²) < 4.78 is 0. The Labute approximate surface area is 135 Å². The normalized spacial score (nSPS) is 10.5. The average molecular weight is 318 g/mol. The topological polar surface area (TPSA) is 54.0 Å². The van der Waals surface area contributed by atoms with Crippen LogP contribution in [0.4, 0.5) is 11.5 Å². The zero-order valence-corrected chi connectivity index (χ0v) is 13.5. The Kier molecular flexibility index (Phi) is 5.78. The third kappa shape index (κ3) is 5.04. The Bertz CT molecular complexity index is 609. The monoisotopic (exact) mass is 317 g/mol. The number of pyridine rings is 1. The summed E-state index contributed by atoms with van der Waals surface area (Å²) in [5.74, 6) is 0.483. The van der Waals surface area contributed by atoms with Crippen molar-refractivity contribution in [3.63, 3.8) is 0 Å². The van der Waals surface area contributed by atoms with Gasteiger partial charge in [-0.1, -0.05) is 37.6 Å². The van der Waals surface area contributed by atoms with Crippen LogP contribution in [-0.2, 0) is 11.2 Å². The van der Waals surface area contributed by atoms with Crippen LogP contribution in [-0.4, -0.2) is 17.4 Å². The molecular weight excluding hydrogens is 298 g/mol. The summed E-state index contributed by atoms with van der Waals surface area (Å²) in [6.45, 7) is 4.51. The lowest BCUT2D eigenvalue weighted by Crippen LogP contribution is -2.18. The number of aromatic nitrogens is 1. The minimum atomic E-state index is -0.0565. The van der Waals surface area contributed by atoms with E-state index in [0.29, 0.717) is 5.82 Å². The van der Waals surface area contributed by atoms with Crippen molar-refractivity contribution in [2.75, 3.05) is 17.2 Å². The van der Waals surface area contributed by atoms with Gasteiger partial charge in [0.1, 0.15) is 5.82 Å². The SMILES string of the molecule is CC(C)C(=O)Nc1ccc(NCCc2ccc(Cl)cc2)cn1. The number of benzene rings is 1. The molecule has 1 heterocycles. The van der Waals surface area contributed by atoms with Gasteiger partial charge in [0.05, 0.1) is 11.9 Å². The van der Waals surface area contributed by atoms with Gasteiger partial charge in [0.2, 0.25) is 5.91 Å². The van der Waals surface area contributed by atoms with Gasteiger partial charge < -0.3 is 10.6 Å². The maximum Gasteiger partial charge on any atom is 0.228 e. The lowest BCUT2D eigenvalue weighted by Gasteiger charge is -2.09. The molecule has 0 spiro atoms. The van der Waals surface area contributed by atoms with E-state index in [4.69, 9.17) is 11.6 Å². The van der Waals surface area contributed by atoms with Crippen LogP contribution in [0.3, 0.4) is 0 Å². The summed E-state index contributed by atoms with van der Waals surface area (Å²) in [7, 11) is 0. The van der Waals surface area contributed by atoms with Gasteiger partial charge in [-0.3, -0.25) is 4.79 Å². The van der Waals surface area contributed by atoms with E-state index in [0.717, 1.165) is 23.7 Å². The predicted molar refractivity (Wildman–Crippen MR) is 91.4 cm³/mol. The smallest absolute Gasteiger partial charge is 0.228 e. The molecule has 2 rings (SSSR count). The number of hydrogen-bond donors (Lipinski definition) is 2. The molecule has 0 fully saturated rings. The van der Waals surface area contributed by atoms with Crippen LogP contribution in [0.1, 0.15) is 19.4 Å². The fourth-order valence-corrected chi connectivity index (χ4v) is 1.97. The summed E-state index contributed by atoms with van der Waals surface area (Å²) in [5, 5.41) is 6.82. The Hall–Kier alpha value is -2.07. The number of rotatable bonds is 6. The van der Waals surface area contributed by atoms with Gasteiger partial charge in [0, 0.05) is 17.5 Å². The molecule has 0 saturated heterocycles. The molecule has 1 amide bonds. The number of anilines is 2. The van der Waals surface area contributed by atoms with Crippen molar-refractivity contribution in [1.29, 1.82) is 0 Å². The quantitative estimate of drug-likeness (QED) is 0.847. The van der Waals surface area contributed by atoms with Gasteiger partial charge in [-0.05, 0) is 36.2 Å². The fraction of sp³-hybridized carbons (Fsp3) is 0.294. The lowest BCUT2D eigenvalue weighted by molar-refractivity contribution is -0.118. The van der Waals surface area contributed by atoms with Gasteiger partial charge in [-0.15, -0.1) is 0 Å². The predicted octanol–water partition coefficient (Wildman–Crippen LogP) is 3.98. The summed E-state index contributed by atoms with van der Waals surface area (Å²) >= 11 is 5.86. The molecule has 0 atom stereocenters. The second kappa shape index (κ2) is 7.80. The largest absolute Gasteiger partial charge is 0.383 e. The molecule has 116 valence electrons. The van der Waals surface area contributed by atoms with E-state index in [9.17, 15) is 4.79 Å². The molecule has 2 aromatic rings. The first-order valence-electron chi connectivity index (χ1n) is 7.30. The van der Waals surface area contributed by atoms with Crippen molar-refractivity contribution in [2.45, 2.75) is 20.3 Å². The second-order valence-corrected chi connectivity index (χ2v) is 5.82. The van der Waals surface area contributed by atoms with Gasteiger partial charge >= 0.3 is 0 Å². The van der Waals surface area contributed by atoms with E-state index < -0.39 is 0 Å². The lowest BCUT2D eigenvalue weighted by atomic mass is 10.1. The highest BCUT2D eigenvalue weighted by Gasteiger charge is 2.07. The molecule has 0 aliphatic heterocycles. The summed E-state index contributed by atoms with van der Waals surface area (Å²) in [6, 6.07) is 11.5. The van der Waals surface area contributed by atoms with Crippen LogP contribution in [0.25, 0.3) is 0 Å². The number of halogens is 1. The van der Waals surface area contributed by atoms with Gasteiger partial charge in [-0.25, -0.2) is 4.98 Å². The molecule has 0 bridgehead atoms. The molecule has 0 radical (unpaired) electrons. The zero-order chi connectivity index (χ0) is 15.9. The Balaban J connectivity index is 1.81. The molecule has 1 aromatic carbocycles. The maximum absolute atomic E-state index is 11.6. The minimum absolute atomic E-state index is 0.0315. The van der Waals surface area contributed by atoms with Crippen molar-refractivity contribution in [3.05, 3.63) is 53.2 Å². The minimum Gasteiger partial charge on any atom is -0.383 e. The van der Waals surface area contributed by atoms with Gasteiger partial charge in [-0.2, -0.15) is 0 Å². The number of carbonyl (C=O) groups is 1. The molecule has 5 heteroatoms. The van der Waals surface area contributed by atoms with Crippen molar-refractivity contribution in [1.82, 2.24) is 4.98 Å². The zero-order valence-electron chi connectivity index (χ0n) is 12.8. The van der Waals surface area contributed by atoms with Crippen LogP contribution in [0.15, 0.2) is 42.6 Å². The summed E-state index contributed by atoms with van der Waals surface area (Å²) in [5.41, 5.74) is 2.15. The molecule has 4 nitrogen and oxygen atoms in total. The maximum atomic E-state index is 11.6. The average Bonchev–Trinajstić information content (AvgIpc) is 2.51. The highest BCUT2D eigenvalue weighted by atomic mass is 35.5. The van der Waals surface area contributed by atoms with E-state index in [2.05, 4.69) is 15.6 Å². The van der Waals surface area contributed by atoms with E-state index in [1.165, 1.54) is 5.56 Å². The molecule has 0 unspecified atom stereocenters. The van der Waals surface area contributed by atoms with E-state index in [-0.39, 0.29) is 11.8 Å². The summed E-state index contributed by atoms with van der Waals surface area (Å²) in [6.07, 6.45) is 2.63. The first-order valence-corrected chi connectivity index (χ1v) is 7.67. The highest BCUT2D eigenvalue weighted by Crippen LogP contribution is 2.12. The number of hydrogen-bond acceptors (Lipinski definition) is 3. The third-order valence-corrected chi connectivity index (χ3v) is 3.45. The van der Waals surface area contributed by atoms with Crippen LogP contribution in [0.2, 0.25) is 5.02 Å². The van der Waals surface area contributed by atoms with Crippen LogP contribution in [0, 0.1) is 5.92 Å². The van der Waals surface area contributed by atoms with Crippen LogP contribution >= 0.6 is 11.6 Å². The second-order valence-electron chi connectivity index (χ2n) is 5.38. The number of nitrogens with zero attached hydrogens (tertiary/aromatic N) is 1. The molecule has 22 heavy (non-hydrogen) atoms. The number of amides is 1. The van der Waals surface area contributed by atoms with Crippen molar-refractivity contribution in [3.8, 4) is 0 Å². The highest BCUT2D eigenvalue weighted by molar-refractivity contribution is 6.30.